The number of hydrogen-bond acceptors (Lipinski definition) is 2. The molecule has 6 aliphatic carbocycles. The van der Waals surface area contributed by atoms with Gasteiger partial charge in [0.2, 0.25) is 0 Å². The minimum atomic E-state index is 0. The Morgan fingerprint density at radius 2 is 0.619 bits per heavy atom. The van der Waals surface area contributed by atoms with E-state index in [2.05, 4.69) is 113 Å². The van der Waals surface area contributed by atoms with Crippen LogP contribution in [-0.4, -0.2) is 72.7 Å². The SMILES string of the molecule is C1CCCC1.C1CCCC1.C[C@H](C1CCCC1[P@](c1ccccc1)C1CCCC1)N(C)C.C[C@H](C1CCCC1[P@](c1ccccc1)C1CCCC1)N(C)C.[CH3-].[CH3-].[CH3-].[CH3-].[CH3-].[CH3-].[Fe+2].[Fe+2].[Fe+2]. The minimum absolute atomic E-state index is 0. The second kappa shape index (κ2) is 40.6. The Morgan fingerprint density at radius 1 is 0.365 bits per heavy atom. The summed E-state index contributed by atoms with van der Waals surface area (Å²) >= 11 is 0. The molecular formula is C56H102Fe3N2P2. The Hall–Kier alpha value is 0.778. The summed E-state index contributed by atoms with van der Waals surface area (Å²) in [6.45, 7) is 4.91. The van der Waals surface area contributed by atoms with E-state index < -0.39 is 0 Å². The Labute approximate surface area is 432 Å². The van der Waals surface area contributed by atoms with Gasteiger partial charge >= 0.3 is 51.2 Å². The third-order valence-corrected chi connectivity index (χ3v) is 21.8. The molecule has 0 amide bonds. The van der Waals surface area contributed by atoms with Crippen LogP contribution in [0.1, 0.15) is 168 Å². The van der Waals surface area contributed by atoms with Crippen molar-refractivity contribution in [2.24, 2.45) is 11.8 Å². The van der Waals surface area contributed by atoms with Crippen LogP contribution in [0, 0.1) is 56.4 Å². The van der Waals surface area contributed by atoms with Crippen molar-refractivity contribution in [3.8, 4) is 0 Å². The van der Waals surface area contributed by atoms with E-state index in [4.69, 9.17) is 0 Å². The average Bonchev–Trinajstić information content (AvgIpc) is 4.05. The fourth-order valence-corrected chi connectivity index (χ4v) is 19.3. The van der Waals surface area contributed by atoms with Crippen molar-refractivity contribution < 1.29 is 51.2 Å². The molecule has 0 heterocycles. The van der Waals surface area contributed by atoms with E-state index in [1.165, 1.54) is 154 Å². The van der Waals surface area contributed by atoms with Crippen molar-refractivity contribution in [3.63, 3.8) is 0 Å². The molecule has 2 aromatic carbocycles. The molecular weight excluding hydrogens is 930 g/mol. The standard InChI is InChI=1S/2C20H32NP.2C5H10.6CH3.3Fe/c2*1-16(21(2)3)19-14-9-15-20(19)22(18-12-7-8-13-18)17-10-5-4-6-11-17;2*1-2-4-5-3-1;;;;;;;;;/h2*4-6,10-11,16,18-20H,7-9,12-15H2,1-3H3;2*1-5H2;6*1H3;;;/q;;;;6*-1;3*+2/t2*16-,19?,20?,22-;;;;;;;;;;;/m11.........../s1. The zero-order valence-corrected chi connectivity index (χ0v) is 48.3. The van der Waals surface area contributed by atoms with Crippen molar-refractivity contribution in [1.29, 1.82) is 0 Å². The van der Waals surface area contributed by atoms with E-state index in [-0.39, 0.29) is 112 Å². The Morgan fingerprint density at radius 3 is 0.857 bits per heavy atom. The summed E-state index contributed by atoms with van der Waals surface area (Å²) in [5.41, 5.74) is 3.91. The van der Waals surface area contributed by atoms with Crippen LogP contribution in [0.2, 0.25) is 0 Å². The van der Waals surface area contributed by atoms with Crippen molar-refractivity contribution in [2.45, 2.75) is 203 Å². The molecule has 8 rings (SSSR count). The molecule has 0 aliphatic heterocycles. The van der Waals surface area contributed by atoms with Gasteiger partial charge in [0.05, 0.1) is 0 Å². The fourth-order valence-electron chi connectivity index (χ4n) is 11.2. The van der Waals surface area contributed by atoms with Crippen LogP contribution in [0.5, 0.6) is 0 Å². The van der Waals surface area contributed by atoms with Crippen LogP contribution in [0.3, 0.4) is 0 Å². The summed E-state index contributed by atoms with van der Waals surface area (Å²) in [6.07, 6.45) is 35.6. The third kappa shape index (κ3) is 22.8. The van der Waals surface area contributed by atoms with Crippen molar-refractivity contribution >= 4 is 26.5 Å². The van der Waals surface area contributed by atoms with Crippen LogP contribution in [-0.2, 0) is 51.2 Å². The van der Waals surface area contributed by atoms with Crippen molar-refractivity contribution in [2.75, 3.05) is 28.2 Å². The largest absolute Gasteiger partial charge is 2.00 e. The zero-order chi connectivity index (χ0) is 38.1. The quantitative estimate of drug-likeness (QED) is 0.133. The normalized spacial score (nSPS) is 24.1. The molecule has 6 fully saturated rings. The predicted octanol–water partition coefficient (Wildman–Crippen LogP) is 16.3. The first-order valence-corrected chi connectivity index (χ1v) is 26.3. The Balaban J connectivity index is -0.000000260. The molecule has 0 saturated heterocycles. The van der Waals surface area contributed by atoms with Gasteiger partial charge in [-0.15, -0.1) is 0 Å². The molecule has 0 N–H and O–H groups in total. The van der Waals surface area contributed by atoms with Crippen LogP contribution < -0.4 is 10.6 Å². The maximum atomic E-state index is 2.45. The van der Waals surface area contributed by atoms with Crippen LogP contribution in [0.15, 0.2) is 60.7 Å². The van der Waals surface area contributed by atoms with Gasteiger partial charge < -0.3 is 54.4 Å². The molecule has 8 atom stereocenters. The first-order valence-electron chi connectivity index (χ1n) is 23.4. The van der Waals surface area contributed by atoms with E-state index >= 15 is 0 Å². The topological polar surface area (TPSA) is 6.48 Å². The van der Waals surface area contributed by atoms with Crippen LogP contribution in [0.25, 0.3) is 0 Å². The molecule has 6 aliphatic rings. The fraction of sp³-hybridized carbons (Fsp3) is 0.679. The smallest absolute Gasteiger partial charge is 0.358 e. The molecule has 0 bridgehead atoms. The van der Waals surface area contributed by atoms with Gasteiger partial charge in [0, 0.05) is 12.1 Å². The molecule has 6 saturated carbocycles. The summed E-state index contributed by atoms with van der Waals surface area (Å²) < 4.78 is 0. The summed E-state index contributed by atoms with van der Waals surface area (Å²) in [5, 5.41) is 3.37. The van der Waals surface area contributed by atoms with Gasteiger partial charge in [0.15, 0.2) is 0 Å². The molecule has 370 valence electrons. The first kappa shape index (κ1) is 72.8. The summed E-state index contributed by atoms with van der Waals surface area (Å²) in [6, 6.07) is 24.6. The third-order valence-electron chi connectivity index (χ3n) is 14.7. The van der Waals surface area contributed by atoms with Crippen LogP contribution in [0.4, 0.5) is 0 Å². The van der Waals surface area contributed by atoms with E-state index in [1.54, 1.807) is 10.6 Å². The van der Waals surface area contributed by atoms with Gasteiger partial charge in [-0.2, -0.15) is 0 Å². The predicted molar refractivity (Wildman–Crippen MR) is 284 cm³/mol. The van der Waals surface area contributed by atoms with E-state index in [1.807, 2.05) is 0 Å². The number of hydrogen-bond donors (Lipinski definition) is 0. The maximum absolute atomic E-state index is 2.45. The maximum Gasteiger partial charge on any atom is 2.00 e. The minimum Gasteiger partial charge on any atom is -0.358 e. The van der Waals surface area contributed by atoms with E-state index in [9.17, 15) is 0 Å². The molecule has 7 heteroatoms. The van der Waals surface area contributed by atoms with E-state index in [0.29, 0.717) is 0 Å². The van der Waals surface area contributed by atoms with E-state index in [0.717, 1.165) is 46.6 Å². The molecule has 0 radical (unpaired) electrons. The molecule has 2 nitrogen and oxygen atoms in total. The van der Waals surface area contributed by atoms with Gasteiger partial charge in [-0.05, 0) is 138 Å². The second-order valence-corrected chi connectivity index (χ2v) is 24.1. The molecule has 4 unspecified atom stereocenters. The Kier molecular flexibility index (Phi) is 46.9. The van der Waals surface area contributed by atoms with Crippen molar-refractivity contribution in [3.05, 3.63) is 105 Å². The summed E-state index contributed by atoms with van der Waals surface area (Å²) in [5.74, 6) is 1.81. The average molecular weight is 1030 g/mol. The van der Waals surface area contributed by atoms with Gasteiger partial charge in [0.25, 0.3) is 0 Å². The monoisotopic (exact) mass is 1030 g/mol. The van der Waals surface area contributed by atoms with Gasteiger partial charge in [-0.3, -0.25) is 0 Å². The molecule has 0 aromatic heterocycles. The van der Waals surface area contributed by atoms with Gasteiger partial charge in [0.1, 0.15) is 0 Å². The zero-order valence-electron chi connectivity index (χ0n) is 43.2. The summed E-state index contributed by atoms with van der Waals surface area (Å²) in [4.78, 5) is 4.91. The van der Waals surface area contributed by atoms with Gasteiger partial charge in [-0.1, -0.05) is 179 Å². The molecule has 2 aromatic rings. The number of nitrogens with zero attached hydrogens (tertiary/aromatic N) is 2. The second-order valence-electron chi connectivity index (χ2n) is 18.6. The van der Waals surface area contributed by atoms with Gasteiger partial charge in [-0.25, -0.2) is 0 Å². The number of rotatable bonds is 10. The Bertz CT molecular complexity index is 1140. The number of benzene rings is 2. The molecule has 0 spiro atoms. The van der Waals surface area contributed by atoms with Crippen LogP contribution >= 0.6 is 15.8 Å². The first-order chi connectivity index (χ1) is 26.4. The molecule has 63 heavy (non-hydrogen) atoms. The summed E-state index contributed by atoms with van der Waals surface area (Å²) in [7, 11) is 9.09. The van der Waals surface area contributed by atoms with Crippen molar-refractivity contribution in [1.82, 2.24) is 9.80 Å².